The Balaban J connectivity index is 2.24. The maximum absolute atomic E-state index is 13.4. The highest BCUT2D eigenvalue weighted by molar-refractivity contribution is 5.84. The van der Waals surface area contributed by atoms with E-state index in [1.54, 1.807) is 0 Å². The van der Waals surface area contributed by atoms with Gasteiger partial charge in [0, 0.05) is 19.1 Å². The van der Waals surface area contributed by atoms with Crippen LogP contribution in [-0.2, 0) is 4.79 Å². The first kappa shape index (κ1) is 14.6. The van der Waals surface area contributed by atoms with E-state index in [1.807, 2.05) is 6.92 Å². The zero-order valence-corrected chi connectivity index (χ0v) is 11.2. The van der Waals surface area contributed by atoms with E-state index >= 15 is 0 Å². The fourth-order valence-electron chi connectivity index (χ4n) is 3.20. The number of amides is 1. The highest BCUT2D eigenvalue weighted by Crippen LogP contribution is 2.45. The standard InChI is InChI=1S/C13H21F3N2O/c1-2-10-5-3-4-8-18(10)11(19)12(13(14,15)16)6-7-17-9-12/h10,17H,2-9H2,1H3. The van der Waals surface area contributed by atoms with Crippen molar-refractivity contribution in [3.63, 3.8) is 0 Å². The van der Waals surface area contributed by atoms with Crippen molar-refractivity contribution in [2.75, 3.05) is 19.6 Å². The molecule has 2 unspecified atom stereocenters. The molecule has 6 heteroatoms. The van der Waals surface area contributed by atoms with Crippen molar-refractivity contribution < 1.29 is 18.0 Å². The molecule has 110 valence electrons. The van der Waals surface area contributed by atoms with E-state index < -0.39 is 17.5 Å². The minimum Gasteiger partial charge on any atom is -0.339 e. The lowest BCUT2D eigenvalue weighted by Crippen LogP contribution is -2.57. The summed E-state index contributed by atoms with van der Waals surface area (Å²) in [6.45, 7) is 2.39. The van der Waals surface area contributed by atoms with Gasteiger partial charge in [-0.3, -0.25) is 4.79 Å². The molecule has 2 aliphatic rings. The second-order valence-corrected chi connectivity index (χ2v) is 5.56. The van der Waals surface area contributed by atoms with Gasteiger partial charge in [0.05, 0.1) is 0 Å². The first-order valence-electron chi connectivity index (χ1n) is 7.01. The predicted molar refractivity (Wildman–Crippen MR) is 65.6 cm³/mol. The Morgan fingerprint density at radius 1 is 1.42 bits per heavy atom. The molecule has 0 spiro atoms. The second kappa shape index (κ2) is 5.31. The quantitative estimate of drug-likeness (QED) is 0.840. The van der Waals surface area contributed by atoms with E-state index in [0.717, 1.165) is 25.7 Å². The number of likely N-dealkylation sites (tertiary alicyclic amines) is 1. The lowest BCUT2D eigenvalue weighted by Gasteiger charge is -2.41. The van der Waals surface area contributed by atoms with Gasteiger partial charge in [0.25, 0.3) is 0 Å². The summed E-state index contributed by atoms with van der Waals surface area (Å²) in [7, 11) is 0. The fraction of sp³-hybridized carbons (Fsp3) is 0.923. The van der Waals surface area contributed by atoms with Crippen LogP contribution in [0, 0.1) is 5.41 Å². The van der Waals surface area contributed by atoms with Crippen LogP contribution in [0.2, 0.25) is 0 Å². The van der Waals surface area contributed by atoms with E-state index in [9.17, 15) is 18.0 Å². The van der Waals surface area contributed by atoms with Gasteiger partial charge in [-0.15, -0.1) is 0 Å². The van der Waals surface area contributed by atoms with Gasteiger partial charge in [0.1, 0.15) is 0 Å². The second-order valence-electron chi connectivity index (χ2n) is 5.56. The summed E-state index contributed by atoms with van der Waals surface area (Å²) in [5.41, 5.74) is -2.20. The Kier molecular flexibility index (Phi) is 4.08. The smallest absolute Gasteiger partial charge is 0.339 e. The Morgan fingerprint density at radius 3 is 2.68 bits per heavy atom. The Morgan fingerprint density at radius 2 is 2.16 bits per heavy atom. The van der Waals surface area contributed by atoms with Gasteiger partial charge in [-0.2, -0.15) is 13.2 Å². The zero-order chi connectivity index (χ0) is 14.1. The lowest BCUT2D eigenvalue weighted by atomic mass is 9.83. The molecule has 0 aromatic heterocycles. The molecule has 2 fully saturated rings. The average Bonchev–Trinajstić information content (AvgIpc) is 2.88. The lowest BCUT2D eigenvalue weighted by molar-refractivity contribution is -0.223. The molecule has 0 aliphatic carbocycles. The number of halogens is 3. The summed E-state index contributed by atoms with van der Waals surface area (Å²) in [5.74, 6) is -0.712. The number of piperidine rings is 1. The van der Waals surface area contributed by atoms with Crippen molar-refractivity contribution >= 4 is 5.91 Å². The van der Waals surface area contributed by atoms with E-state index in [4.69, 9.17) is 0 Å². The first-order valence-corrected chi connectivity index (χ1v) is 7.01. The SMILES string of the molecule is CCC1CCCCN1C(=O)C1(C(F)(F)F)CCNC1. The molecule has 0 bridgehead atoms. The number of nitrogens with zero attached hydrogens (tertiary/aromatic N) is 1. The molecule has 2 saturated heterocycles. The molecule has 2 atom stereocenters. The molecule has 2 heterocycles. The van der Waals surface area contributed by atoms with Crippen molar-refractivity contribution in [3.05, 3.63) is 0 Å². The Bertz CT molecular complexity index is 337. The van der Waals surface area contributed by atoms with Crippen LogP contribution in [0.5, 0.6) is 0 Å². The maximum atomic E-state index is 13.4. The molecule has 1 N–H and O–H groups in total. The van der Waals surface area contributed by atoms with Crippen LogP contribution < -0.4 is 5.32 Å². The average molecular weight is 278 g/mol. The number of carbonyl (C=O) groups is 1. The van der Waals surface area contributed by atoms with Gasteiger partial charge in [-0.05, 0) is 38.6 Å². The third kappa shape index (κ3) is 2.47. The monoisotopic (exact) mass is 278 g/mol. The predicted octanol–water partition coefficient (Wildman–Crippen LogP) is 2.32. The highest BCUT2D eigenvalue weighted by atomic mass is 19.4. The number of carbonyl (C=O) groups excluding carboxylic acids is 1. The van der Waals surface area contributed by atoms with Gasteiger partial charge in [-0.25, -0.2) is 0 Å². The van der Waals surface area contributed by atoms with E-state index in [2.05, 4.69) is 5.32 Å². The summed E-state index contributed by atoms with van der Waals surface area (Å²) in [6, 6.07) is -0.0268. The van der Waals surface area contributed by atoms with Gasteiger partial charge in [-0.1, -0.05) is 6.92 Å². The van der Waals surface area contributed by atoms with Crippen molar-refractivity contribution in [1.29, 1.82) is 0 Å². The molecule has 2 rings (SSSR count). The molecular weight excluding hydrogens is 257 g/mol. The summed E-state index contributed by atoms with van der Waals surface area (Å²) in [6.07, 6.45) is -1.24. The topological polar surface area (TPSA) is 32.3 Å². The molecule has 0 radical (unpaired) electrons. The van der Waals surface area contributed by atoms with Crippen molar-refractivity contribution in [3.8, 4) is 0 Å². The van der Waals surface area contributed by atoms with Crippen LogP contribution in [-0.4, -0.2) is 42.7 Å². The molecule has 3 nitrogen and oxygen atoms in total. The van der Waals surface area contributed by atoms with Crippen LogP contribution in [0.3, 0.4) is 0 Å². The normalized spacial score (nSPS) is 32.6. The van der Waals surface area contributed by atoms with Crippen molar-refractivity contribution in [2.24, 2.45) is 5.41 Å². The summed E-state index contributed by atoms with van der Waals surface area (Å²) < 4.78 is 40.1. The number of hydrogen-bond donors (Lipinski definition) is 1. The van der Waals surface area contributed by atoms with Gasteiger partial charge >= 0.3 is 6.18 Å². The summed E-state index contributed by atoms with van der Waals surface area (Å²) in [5, 5.41) is 2.71. The molecule has 0 aromatic carbocycles. The Labute approximate surface area is 111 Å². The molecule has 2 aliphatic heterocycles. The van der Waals surface area contributed by atoms with Crippen LogP contribution in [0.1, 0.15) is 39.0 Å². The zero-order valence-electron chi connectivity index (χ0n) is 11.2. The van der Waals surface area contributed by atoms with Crippen LogP contribution >= 0.6 is 0 Å². The van der Waals surface area contributed by atoms with Crippen molar-refractivity contribution in [1.82, 2.24) is 10.2 Å². The fourth-order valence-corrected chi connectivity index (χ4v) is 3.20. The minimum atomic E-state index is -4.47. The van der Waals surface area contributed by atoms with Gasteiger partial charge in [0.15, 0.2) is 5.41 Å². The van der Waals surface area contributed by atoms with E-state index in [-0.39, 0.29) is 25.6 Å². The minimum absolute atomic E-state index is 0.0268. The first-order chi connectivity index (χ1) is 8.92. The molecule has 0 saturated carbocycles. The maximum Gasteiger partial charge on any atom is 0.404 e. The van der Waals surface area contributed by atoms with Gasteiger partial charge in [0.2, 0.25) is 5.91 Å². The van der Waals surface area contributed by atoms with Crippen LogP contribution in [0.15, 0.2) is 0 Å². The highest BCUT2D eigenvalue weighted by Gasteiger charge is 2.62. The van der Waals surface area contributed by atoms with E-state index in [1.165, 1.54) is 4.90 Å². The number of nitrogens with one attached hydrogen (secondary N) is 1. The number of hydrogen-bond acceptors (Lipinski definition) is 2. The number of alkyl halides is 3. The third-order valence-electron chi connectivity index (χ3n) is 4.47. The molecule has 0 aromatic rings. The third-order valence-corrected chi connectivity index (χ3v) is 4.47. The largest absolute Gasteiger partial charge is 0.404 e. The Hall–Kier alpha value is -0.780. The summed E-state index contributed by atoms with van der Waals surface area (Å²) in [4.78, 5) is 14.0. The van der Waals surface area contributed by atoms with Crippen molar-refractivity contribution in [2.45, 2.75) is 51.2 Å². The van der Waals surface area contributed by atoms with E-state index in [0.29, 0.717) is 6.54 Å². The molecule has 19 heavy (non-hydrogen) atoms. The van der Waals surface area contributed by atoms with Gasteiger partial charge < -0.3 is 10.2 Å². The van der Waals surface area contributed by atoms with Crippen LogP contribution in [0.4, 0.5) is 13.2 Å². The van der Waals surface area contributed by atoms with Crippen LogP contribution in [0.25, 0.3) is 0 Å². The summed E-state index contributed by atoms with van der Waals surface area (Å²) >= 11 is 0. The molecular formula is C13H21F3N2O. The molecule has 1 amide bonds. The number of rotatable bonds is 2.